The summed E-state index contributed by atoms with van der Waals surface area (Å²) in [7, 11) is 0. The molecule has 2 unspecified atom stereocenters. The Hall–Kier alpha value is -0.670. The predicted octanol–water partition coefficient (Wildman–Crippen LogP) is 3.87. The van der Waals surface area contributed by atoms with Gasteiger partial charge in [-0.05, 0) is 25.1 Å². The summed E-state index contributed by atoms with van der Waals surface area (Å²) >= 11 is 8.19. The molecule has 1 aromatic rings. The number of anilines is 1. The van der Waals surface area contributed by atoms with E-state index in [1.165, 1.54) is 0 Å². The molecule has 0 bridgehead atoms. The van der Waals surface area contributed by atoms with Crippen molar-refractivity contribution >= 4 is 34.8 Å². The van der Waals surface area contributed by atoms with Crippen LogP contribution in [0, 0.1) is 0 Å². The summed E-state index contributed by atoms with van der Waals surface area (Å²) in [5.74, 6) is 0.0162. The third kappa shape index (κ3) is 3.01. The second-order valence-corrected chi connectivity index (χ2v) is 7.17. The van der Waals surface area contributed by atoms with Crippen molar-refractivity contribution in [3.05, 3.63) is 28.8 Å². The Morgan fingerprint density at radius 3 is 2.44 bits per heavy atom. The third-order valence-corrected chi connectivity index (χ3v) is 4.66. The number of ketones is 1. The molecular weight excluding hydrogens is 266 g/mol. The van der Waals surface area contributed by atoms with E-state index in [4.69, 9.17) is 11.6 Å². The Morgan fingerprint density at radius 1 is 1.33 bits per heavy atom. The highest BCUT2D eigenvalue weighted by atomic mass is 35.5. The first-order chi connectivity index (χ1) is 8.47. The summed E-state index contributed by atoms with van der Waals surface area (Å²) in [5, 5.41) is 1.80. The molecule has 0 saturated carbocycles. The smallest absolute Gasteiger partial charge is 0.161 e. The fourth-order valence-electron chi connectivity index (χ4n) is 2.37. The summed E-state index contributed by atoms with van der Waals surface area (Å²) in [5.41, 5.74) is 1.72. The Bertz CT molecular complexity index is 453. The Morgan fingerprint density at radius 2 is 1.94 bits per heavy atom. The first-order valence-electron chi connectivity index (χ1n) is 6.18. The van der Waals surface area contributed by atoms with E-state index in [-0.39, 0.29) is 5.78 Å². The van der Waals surface area contributed by atoms with E-state index in [2.05, 4.69) is 18.7 Å². The van der Waals surface area contributed by atoms with E-state index in [0.29, 0.717) is 21.1 Å². The van der Waals surface area contributed by atoms with Gasteiger partial charge in [-0.1, -0.05) is 25.4 Å². The molecule has 1 aromatic carbocycles. The highest BCUT2D eigenvalue weighted by Gasteiger charge is 2.23. The normalized spacial score (nSPS) is 24.1. The van der Waals surface area contributed by atoms with Crippen molar-refractivity contribution in [1.29, 1.82) is 0 Å². The molecule has 1 saturated heterocycles. The molecule has 2 atom stereocenters. The van der Waals surface area contributed by atoms with E-state index in [0.717, 1.165) is 18.8 Å². The minimum Gasteiger partial charge on any atom is -0.369 e. The van der Waals surface area contributed by atoms with Gasteiger partial charge in [0.05, 0.1) is 5.02 Å². The molecule has 0 radical (unpaired) electrons. The maximum Gasteiger partial charge on any atom is 0.161 e. The topological polar surface area (TPSA) is 20.3 Å². The zero-order valence-corrected chi connectivity index (χ0v) is 12.5. The molecule has 0 aliphatic carbocycles. The zero-order valence-electron chi connectivity index (χ0n) is 10.9. The summed E-state index contributed by atoms with van der Waals surface area (Å²) in [6, 6.07) is 5.74. The first-order valence-corrected chi connectivity index (χ1v) is 7.50. The third-order valence-electron chi connectivity index (χ3n) is 3.12. The van der Waals surface area contributed by atoms with Gasteiger partial charge in [-0.25, -0.2) is 0 Å². The molecule has 1 heterocycles. The van der Waals surface area contributed by atoms with Gasteiger partial charge in [-0.3, -0.25) is 4.79 Å². The second kappa shape index (κ2) is 5.54. The molecular formula is C14H18ClNOS. The van der Waals surface area contributed by atoms with Crippen molar-refractivity contribution in [2.45, 2.75) is 31.3 Å². The van der Waals surface area contributed by atoms with Gasteiger partial charge in [0, 0.05) is 34.8 Å². The number of benzene rings is 1. The number of halogens is 1. The van der Waals surface area contributed by atoms with Crippen LogP contribution in [0.4, 0.5) is 5.69 Å². The quantitative estimate of drug-likeness (QED) is 0.769. The van der Waals surface area contributed by atoms with E-state index < -0.39 is 0 Å². The average Bonchev–Trinajstić information content (AvgIpc) is 2.26. The Kier molecular flexibility index (Phi) is 4.23. The van der Waals surface area contributed by atoms with E-state index in [1.807, 2.05) is 30.0 Å². The van der Waals surface area contributed by atoms with Gasteiger partial charge in [0.1, 0.15) is 0 Å². The minimum absolute atomic E-state index is 0.0162. The van der Waals surface area contributed by atoms with Gasteiger partial charge in [0.25, 0.3) is 0 Å². The number of carbonyl (C=O) groups is 1. The molecule has 0 N–H and O–H groups in total. The molecule has 1 fully saturated rings. The molecule has 1 aliphatic rings. The average molecular weight is 284 g/mol. The standard InChI is InChI=1S/C14H18ClNOS/c1-9-7-16(8-10(2)18-9)12-4-5-13(11(3)17)14(15)6-12/h4-6,9-10H,7-8H2,1-3H3. The van der Waals surface area contributed by atoms with Crippen molar-refractivity contribution in [2.24, 2.45) is 0 Å². The SMILES string of the molecule is CC(=O)c1ccc(N2CC(C)SC(C)C2)cc1Cl. The maximum atomic E-state index is 11.4. The number of nitrogens with zero attached hydrogens (tertiary/aromatic N) is 1. The molecule has 2 nitrogen and oxygen atoms in total. The van der Waals surface area contributed by atoms with Crippen LogP contribution in [0.3, 0.4) is 0 Å². The van der Waals surface area contributed by atoms with Gasteiger partial charge in [0.2, 0.25) is 0 Å². The van der Waals surface area contributed by atoms with Crippen LogP contribution in [0.2, 0.25) is 5.02 Å². The number of Topliss-reactive ketones (excluding diaryl/α,β-unsaturated/α-hetero) is 1. The minimum atomic E-state index is 0.0162. The maximum absolute atomic E-state index is 11.4. The lowest BCUT2D eigenvalue weighted by molar-refractivity contribution is 0.101. The van der Waals surface area contributed by atoms with Gasteiger partial charge in [-0.15, -0.1) is 0 Å². The van der Waals surface area contributed by atoms with E-state index in [9.17, 15) is 4.79 Å². The van der Waals surface area contributed by atoms with Gasteiger partial charge in [-0.2, -0.15) is 11.8 Å². The van der Waals surface area contributed by atoms with Crippen LogP contribution >= 0.6 is 23.4 Å². The van der Waals surface area contributed by atoms with Crippen LogP contribution < -0.4 is 4.90 Å². The van der Waals surface area contributed by atoms with Gasteiger partial charge >= 0.3 is 0 Å². The molecule has 2 rings (SSSR count). The predicted molar refractivity (Wildman–Crippen MR) is 80.2 cm³/mol. The van der Waals surface area contributed by atoms with E-state index in [1.54, 1.807) is 6.92 Å². The van der Waals surface area contributed by atoms with Gasteiger partial charge in [0.15, 0.2) is 5.78 Å². The van der Waals surface area contributed by atoms with Crippen molar-refractivity contribution in [3.8, 4) is 0 Å². The van der Waals surface area contributed by atoms with Gasteiger partial charge < -0.3 is 4.90 Å². The lowest BCUT2D eigenvalue weighted by atomic mass is 10.1. The van der Waals surface area contributed by atoms with E-state index >= 15 is 0 Å². The molecule has 1 aliphatic heterocycles. The van der Waals surface area contributed by atoms with Crippen molar-refractivity contribution < 1.29 is 4.79 Å². The number of rotatable bonds is 2. The Balaban J connectivity index is 2.23. The largest absolute Gasteiger partial charge is 0.369 e. The lowest BCUT2D eigenvalue weighted by Gasteiger charge is -2.36. The number of thioether (sulfide) groups is 1. The lowest BCUT2D eigenvalue weighted by Crippen LogP contribution is -2.40. The molecule has 4 heteroatoms. The van der Waals surface area contributed by atoms with Crippen LogP contribution in [0.1, 0.15) is 31.1 Å². The number of carbonyl (C=O) groups excluding carboxylic acids is 1. The van der Waals surface area contributed by atoms with Crippen molar-refractivity contribution in [3.63, 3.8) is 0 Å². The molecule has 18 heavy (non-hydrogen) atoms. The van der Waals surface area contributed by atoms with Crippen molar-refractivity contribution in [1.82, 2.24) is 0 Å². The van der Waals surface area contributed by atoms with Crippen LogP contribution in [0.25, 0.3) is 0 Å². The highest BCUT2D eigenvalue weighted by Crippen LogP contribution is 2.30. The summed E-state index contributed by atoms with van der Waals surface area (Å²) in [4.78, 5) is 13.7. The summed E-state index contributed by atoms with van der Waals surface area (Å²) in [6.07, 6.45) is 0. The fourth-order valence-corrected chi connectivity index (χ4v) is 4.01. The zero-order chi connectivity index (χ0) is 13.3. The van der Waals surface area contributed by atoms with Crippen LogP contribution in [-0.2, 0) is 0 Å². The first kappa shape index (κ1) is 13.8. The monoisotopic (exact) mass is 283 g/mol. The van der Waals surface area contributed by atoms with Crippen LogP contribution in [0.5, 0.6) is 0 Å². The Labute approximate surface area is 118 Å². The number of hydrogen-bond acceptors (Lipinski definition) is 3. The molecule has 0 aromatic heterocycles. The van der Waals surface area contributed by atoms with Crippen molar-refractivity contribution in [2.75, 3.05) is 18.0 Å². The summed E-state index contributed by atoms with van der Waals surface area (Å²) in [6.45, 7) is 8.11. The number of hydrogen-bond donors (Lipinski definition) is 0. The summed E-state index contributed by atoms with van der Waals surface area (Å²) < 4.78 is 0. The van der Waals surface area contributed by atoms with Crippen LogP contribution in [-0.4, -0.2) is 29.4 Å². The molecule has 0 amide bonds. The molecule has 0 spiro atoms. The fraction of sp³-hybridized carbons (Fsp3) is 0.500. The molecule has 98 valence electrons. The van der Waals surface area contributed by atoms with Crippen LogP contribution in [0.15, 0.2) is 18.2 Å². The second-order valence-electron chi connectivity index (χ2n) is 4.88. The highest BCUT2D eigenvalue weighted by molar-refractivity contribution is 8.00.